The highest BCUT2D eigenvalue weighted by molar-refractivity contribution is 6.35. The van der Waals surface area contributed by atoms with Crippen LogP contribution in [0.2, 0.25) is 5.02 Å². The van der Waals surface area contributed by atoms with Crippen LogP contribution in [-0.2, 0) is 0 Å². The first-order valence-electron chi connectivity index (χ1n) is 6.44. The lowest BCUT2D eigenvalue weighted by Crippen LogP contribution is -2.13. The van der Waals surface area contributed by atoms with E-state index >= 15 is 0 Å². The lowest BCUT2D eigenvalue weighted by molar-refractivity contribution is 0.123. The highest BCUT2D eigenvalue weighted by Crippen LogP contribution is 2.35. The van der Waals surface area contributed by atoms with Crippen molar-refractivity contribution in [3.63, 3.8) is 0 Å². The van der Waals surface area contributed by atoms with Crippen LogP contribution >= 0.6 is 11.6 Å². The first-order valence-corrected chi connectivity index (χ1v) is 6.82. The summed E-state index contributed by atoms with van der Waals surface area (Å²) >= 11 is 6.20. The van der Waals surface area contributed by atoms with Crippen molar-refractivity contribution in [2.24, 2.45) is 0 Å². The van der Waals surface area contributed by atoms with Crippen LogP contribution in [0.3, 0.4) is 0 Å². The van der Waals surface area contributed by atoms with Crippen LogP contribution in [0.15, 0.2) is 41.3 Å². The number of halogens is 1. The van der Waals surface area contributed by atoms with Crippen molar-refractivity contribution >= 4 is 22.5 Å². The monoisotopic (exact) mass is 304 g/mol. The minimum Gasteiger partial charge on any atom is -0.490 e. The van der Waals surface area contributed by atoms with Gasteiger partial charge in [0.15, 0.2) is 0 Å². The molecule has 0 amide bonds. The Hall–Kier alpha value is -2.11. The normalized spacial score (nSPS) is 12.5. The van der Waals surface area contributed by atoms with E-state index in [0.29, 0.717) is 27.7 Å². The summed E-state index contributed by atoms with van der Waals surface area (Å²) in [7, 11) is 0. The molecule has 0 fully saturated rings. The maximum atomic E-state index is 9.39. The number of aliphatic hydroxyl groups excluding tert-OH is 1. The third-order valence-electron chi connectivity index (χ3n) is 2.93. The summed E-state index contributed by atoms with van der Waals surface area (Å²) in [4.78, 5) is 8.41. The van der Waals surface area contributed by atoms with Crippen LogP contribution in [0.1, 0.15) is 6.92 Å². The highest BCUT2D eigenvalue weighted by Gasteiger charge is 2.15. The average Bonchev–Trinajstić information content (AvgIpc) is 2.98. The van der Waals surface area contributed by atoms with E-state index in [0.717, 1.165) is 5.39 Å². The van der Waals surface area contributed by atoms with Crippen LogP contribution < -0.4 is 4.74 Å². The van der Waals surface area contributed by atoms with E-state index < -0.39 is 6.10 Å². The molecule has 2 heterocycles. The molecule has 3 rings (SSSR count). The van der Waals surface area contributed by atoms with Gasteiger partial charge in [0.05, 0.1) is 28.4 Å². The van der Waals surface area contributed by atoms with Gasteiger partial charge in [-0.25, -0.2) is 4.98 Å². The first kappa shape index (κ1) is 13.9. The zero-order valence-electron chi connectivity index (χ0n) is 11.3. The van der Waals surface area contributed by atoms with Crippen molar-refractivity contribution in [1.82, 2.24) is 9.97 Å². The molecule has 21 heavy (non-hydrogen) atoms. The molecule has 5 nitrogen and oxygen atoms in total. The summed E-state index contributed by atoms with van der Waals surface area (Å²) < 4.78 is 11.0. The Morgan fingerprint density at radius 2 is 2.19 bits per heavy atom. The minimum atomic E-state index is -0.578. The van der Waals surface area contributed by atoms with E-state index in [1.165, 1.54) is 6.26 Å². The molecule has 0 saturated carbocycles. The summed E-state index contributed by atoms with van der Waals surface area (Å²) in [5.74, 6) is 0.970. The molecule has 0 radical (unpaired) electrons. The molecule has 0 saturated heterocycles. The van der Waals surface area contributed by atoms with E-state index in [-0.39, 0.29) is 6.61 Å². The van der Waals surface area contributed by atoms with Gasteiger partial charge in [0.25, 0.3) is 0 Å². The zero-order valence-corrected chi connectivity index (χ0v) is 12.0. The fourth-order valence-corrected chi connectivity index (χ4v) is 2.20. The molecule has 0 aliphatic heterocycles. The van der Waals surface area contributed by atoms with Crippen LogP contribution in [0.5, 0.6) is 5.75 Å². The maximum Gasteiger partial charge on any atom is 0.229 e. The minimum absolute atomic E-state index is 0.166. The Morgan fingerprint density at radius 3 is 2.90 bits per heavy atom. The van der Waals surface area contributed by atoms with E-state index in [4.69, 9.17) is 20.8 Å². The molecular weight excluding hydrogens is 292 g/mol. The molecule has 1 unspecified atom stereocenters. The van der Waals surface area contributed by atoms with Gasteiger partial charge in [-0.1, -0.05) is 11.6 Å². The first-order chi connectivity index (χ1) is 10.1. The Bertz CT molecular complexity index is 757. The van der Waals surface area contributed by atoms with Gasteiger partial charge in [-0.05, 0) is 19.1 Å². The van der Waals surface area contributed by atoms with Crippen LogP contribution in [0.25, 0.3) is 22.4 Å². The molecule has 3 aromatic rings. The number of fused-ring (bicyclic) bond motifs is 1. The maximum absolute atomic E-state index is 9.39. The van der Waals surface area contributed by atoms with Crippen molar-refractivity contribution in [1.29, 1.82) is 0 Å². The number of ether oxygens (including phenoxy) is 1. The molecule has 0 aliphatic rings. The largest absolute Gasteiger partial charge is 0.490 e. The molecule has 0 aliphatic carbocycles. The third-order valence-corrected chi connectivity index (χ3v) is 3.26. The quantitative estimate of drug-likeness (QED) is 0.801. The van der Waals surface area contributed by atoms with Crippen molar-refractivity contribution in [3.05, 3.63) is 41.9 Å². The van der Waals surface area contributed by atoms with E-state index in [2.05, 4.69) is 9.97 Å². The lowest BCUT2D eigenvalue weighted by Gasteiger charge is -2.12. The number of oxazole rings is 1. The molecule has 2 aromatic heterocycles. The second kappa shape index (κ2) is 5.71. The van der Waals surface area contributed by atoms with Gasteiger partial charge >= 0.3 is 0 Å². The van der Waals surface area contributed by atoms with Gasteiger partial charge in [0, 0.05) is 17.6 Å². The standard InChI is InChI=1S/C15H13ClN2O3/c1-9(19)8-21-14-7-13-10(12(16)2-3-17-13)6-11(14)15-18-4-5-20-15/h2-7,9,19H,8H2,1H3. The van der Waals surface area contributed by atoms with Crippen molar-refractivity contribution in [3.8, 4) is 17.2 Å². The van der Waals surface area contributed by atoms with Gasteiger partial charge in [0.1, 0.15) is 18.6 Å². The zero-order chi connectivity index (χ0) is 14.8. The predicted molar refractivity (Wildman–Crippen MR) is 79.4 cm³/mol. The number of rotatable bonds is 4. The predicted octanol–water partition coefficient (Wildman–Crippen LogP) is 3.30. The third kappa shape index (κ3) is 2.84. The Labute approximate surface area is 126 Å². The molecular formula is C15H13ClN2O3. The summed E-state index contributed by atoms with van der Waals surface area (Å²) in [5.41, 5.74) is 1.38. The molecule has 1 aromatic carbocycles. The van der Waals surface area contributed by atoms with Crippen LogP contribution in [0.4, 0.5) is 0 Å². The molecule has 0 spiro atoms. The molecule has 6 heteroatoms. The number of nitrogens with zero attached hydrogens (tertiary/aromatic N) is 2. The van der Waals surface area contributed by atoms with Crippen LogP contribution in [0, 0.1) is 0 Å². The van der Waals surface area contributed by atoms with Gasteiger partial charge in [-0.3, -0.25) is 4.98 Å². The Morgan fingerprint density at radius 1 is 1.33 bits per heavy atom. The Kier molecular flexibility index (Phi) is 3.77. The molecule has 108 valence electrons. The second-order valence-electron chi connectivity index (χ2n) is 4.66. The lowest BCUT2D eigenvalue weighted by atomic mass is 10.1. The number of hydrogen-bond acceptors (Lipinski definition) is 5. The van der Waals surface area contributed by atoms with Gasteiger partial charge in [-0.2, -0.15) is 0 Å². The van der Waals surface area contributed by atoms with E-state index in [1.807, 2.05) is 6.07 Å². The number of hydrogen-bond donors (Lipinski definition) is 1. The average molecular weight is 305 g/mol. The fraction of sp³-hybridized carbons (Fsp3) is 0.200. The smallest absolute Gasteiger partial charge is 0.229 e. The summed E-state index contributed by atoms with van der Waals surface area (Å²) in [6.07, 6.45) is 4.10. The molecule has 1 atom stereocenters. The summed E-state index contributed by atoms with van der Waals surface area (Å²) in [5, 5.41) is 10.8. The fourth-order valence-electron chi connectivity index (χ4n) is 1.99. The molecule has 0 bridgehead atoms. The van der Waals surface area contributed by atoms with Crippen molar-refractivity contribution in [2.75, 3.05) is 6.61 Å². The van der Waals surface area contributed by atoms with Gasteiger partial charge in [0.2, 0.25) is 5.89 Å². The number of aliphatic hydroxyl groups is 1. The van der Waals surface area contributed by atoms with Gasteiger partial charge in [-0.15, -0.1) is 0 Å². The van der Waals surface area contributed by atoms with Gasteiger partial charge < -0.3 is 14.3 Å². The Balaban J connectivity index is 2.16. The van der Waals surface area contributed by atoms with E-state index in [1.54, 1.807) is 31.5 Å². The summed E-state index contributed by atoms with van der Waals surface area (Å²) in [6.45, 7) is 1.82. The number of aromatic nitrogens is 2. The van der Waals surface area contributed by atoms with Crippen molar-refractivity contribution < 1.29 is 14.3 Å². The second-order valence-corrected chi connectivity index (χ2v) is 5.06. The van der Waals surface area contributed by atoms with E-state index in [9.17, 15) is 5.11 Å². The summed E-state index contributed by atoms with van der Waals surface area (Å²) in [6, 6.07) is 5.32. The highest BCUT2D eigenvalue weighted by atomic mass is 35.5. The molecule has 1 N–H and O–H groups in total. The topological polar surface area (TPSA) is 68.4 Å². The number of pyridine rings is 1. The van der Waals surface area contributed by atoms with Crippen LogP contribution in [-0.4, -0.2) is 27.8 Å². The number of benzene rings is 1. The SMILES string of the molecule is CC(O)COc1cc2nccc(Cl)c2cc1-c1ncco1. The van der Waals surface area contributed by atoms with Crippen molar-refractivity contribution in [2.45, 2.75) is 13.0 Å².